The first-order valence-electron chi connectivity index (χ1n) is 9.74. The predicted molar refractivity (Wildman–Crippen MR) is 111 cm³/mol. The van der Waals surface area contributed by atoms with Gasteiger partial charge in [0.05, 0.1) is 44.1 Å². The van der Waals surface area contributed by atoms with E-state index in [1.807, 2.05) is 67.6 Å². The summed E-state index contributed by atoms with van der Waals surface area (Å²) in [6, 6.07) is 18.9. The molecule has 0 radical (unpaired) electrons. The van der Waals surface area contributed by atoms with Crippen LogP contribution < -0.4 is 0 Å². The molecule has 5 atom stereocenters. The SMILES string of the molecule is CC1OC(CN=[N+]=[N-])C(OCc2ccccc2)C(OCc2ccccc2)C1N=[N+]=[N-]. The molecule has 3 rings (SSSR count). The van der Waals surface area contributed by atoms with E-state index in [1.165, 1.54) is 0 Å². The van der Waals surface area contributed by atoms with Crippen LogP contribution in [0.3, 0.4) is 0 Å². The van der Waals surface area contributed by atoms with Crippen LogP contribution in [0.1, 0.15) is 18.1 Å². The van der Waals surface area contributed by atoms with Gasteiger partial charge < -0.3 is 14.2 Å². The van der Waals surface area contributed by atoms with Gasteiger partial charge >= 0.3 is 0 Å². The van der Waals surface area contributed by atoms with E-state index >= 15 is 0 Å². The summed E-state index contributed by atoms with van der Waals surface area (Å²) in [4.78, 5) is 5.83. The van der Waals surface area contributed by atoms with Crippen molar-refractivity contribution in [1.29, 1.82) is 0 Å². The Hall–Kier alpha value is -3.06. The zero-order chi connectivity index (χ0) is 21.2. The van der Waals surface area contributed by atoms with Gasteiger partial charge in [-0.3, -0.25) is 0 Å². The van der Waals surface area contributed by atoms with Crippen LogP contribution in [0.4, 0.5) is 0 Å². The number of hydrogen-bond acceptors (Lipinski definition) is 5. The first-order valence-corrected chi connectivity index (χ1v) is 9.74. The zero-order valence-corrected chi connectivity index (χ0v) is 16.7. The molecule has 1 fully saturated rings. The maximum atomic E-state index is 9.08. The second kappa shape index (κ2) is 11.2. The third-order valence-corrected chi connectivity index (χ3v) is 4.98. The molecule has 0 spiro atoms. The molecule has 0 aromatic heterocycles. The molecule has 1 aliphatic rings. The summed E-state index contributed by atoms with van der Waals surface area (Å²) >= 11 is 0. The molecule has 5 unspecified atom stereocenters. The van der Waals surface area contributed by atoms with Gasteiger partial charge in [0.1, 0.15) is 6.10 Å². The Morgan fingerprint density at radius 2 is 1.43 bits per heavy atom. The smallest absolute Gasteiger partial charge is 0.111 e. The number of nitrogens with zero attached hydrogens (tertiary/aromatic N) is 6. The maximum Gasteiger partial charge on any atom is 0.111 e. The minimum Gasteiger partial charge on any atom is -0.372 e. The molecule has 1 aliphatic heterocycles. The topological polar surface area (TPSA) is 125 Å². The number of benzene rings is 2. The lowest BCUT2D eigenvalue weighted by molar-refractivity contribution is -0.209. The lowest BCUT2D eigenvalue weighted by atomic mass is 9.93. The van der Waals surface area contributed by atoms with Crippen molar-refractivity contribution in [2.75, 3.05) is 6.54 Å². The van der Waals surface area contributed by atoms with Crippen molar-refractivity contribution in [3.63, 3.8) is 0 Å². The van der Waals surface area contributed by atoms with Gasteiger partial charge in [0, 0.05) is 9.82 Å². The second-order valence-electron chi connectivity index (χ2n) is 7.01. The number of azide groups is 2. The van der Waals surface area contributed by atoms with Crippen LogP contribution in [-0.2, 0) is 27.4 Å². The van der Waals surface area contributed by atoms with E-state index in [4.69, 9.17) is 25.3 Å². The average Bonchev–Trinajstić information content (AvgIpc) is 2.78. The predicted octanol–water partition coefficient (Wildman–Crippen LogP) is 4.93. The van der Waals surface area contributed by atoms with Crippen molar-refractivity contribution >= 4 is 0 Å². The molecule has 2 aromatic carbocycles. The van der Waals surface area contributed by atoms with Crippen LogP contribution in [0.25, 0.3) is 20.9 Å². The van der Waals surface area contributed by atoms with Crippen LogP contribution in [0.15, 0.2) is 70.9 Å². The Kier molecular flexibility index (Phi) is 8.09. The third kappa shape index (κ3) is 5.73. The fourth-order valence-corrected chi connectivity index (χ4v) is 3.52. The molecule has 9 heteroatoms. The molecule has 1 saturated heterocycles. The summed E-state index contributed by atoms with van der Waals surface area (Å²) in [5.74, 6) is 0. The lowest BCUT2D eigenvalue weighted by Gasteiger charge is -2.44. The Morgan fingerprint density at radius 3 is 1.97 bits per heavy atom. The molecule has 9 nitrogen and oxygen atoms in total. The molecular formula is C21H24N6O3. The molecule has 1 heterocycles. The van der Waals surface area contributed by atoms with Crippen LogP contribution in [-0.4, -0.2) is 37.0 Å². The molecule has 0 bridgehead atoms. The summed E-state index contributed by atoms with van der Waals surface area (Å²) in [5.41, 5.74) is 19.8. The number of hydrogen-bond donors (Lipinski definition) is 0. The largest absolute Gasteiger partial charge is 0.372 e. The van der Waals surface area contributed by atoms with Crippen molar-refractivity contribution < 1.29 is 14.2 Å². The zero-order valence-electron chi connectivity index (χ0n) is 16.7. The standard InChI is InChI=1S/C21H24N6O3/c1-15-19(25-27-23)21(29-14-17-10-6-3-7-11-17)20(18(30-15)12-24-26-22)28-13-16-8-4-2-5-9-16/h2-11,15,18-21H,12-14H2,1H3. The summed E-state index contributed by atoms with van der Waals surface area (Å²) in [6.07, 6.45) is -2.08. The Labute approximate surface area is 174 Å². The Morgan fingerprint density at radius 1 is 0.867 bits per heavy atom. The lowest BCUT2D eigenvalue weighted by Crippen LogP contribution is -2.58. The van der Waals surface area contributed by atoms with E-state index in [0.29, 0.717) is 13.2 Å². The highest BCUT2D eigenvalue weighted by atomic mass is 16.6. The number of rotatable bonds is 9. The molecule has 0 N–H and O–H groups in total. The summed E-state index contributed by atoms with van der Waals surface area (Å²) in [6.45, 7) is 2.56. The Bertz CT molecular complexity index is 884. The van der Waals surface area contributed by atoms with E-state index in [0.717, 1.165) is 11.1 Å². The van der Waals surface area contributed by atoms with Crippen molar-refractivity contribution in [2.45, 2.75) is 50.6 Å². The first kappa shape index (κ1) is 21.6. The van der Waals surface area contributed by atoms with Crippen LogP contribution in [0.2, 0.25) is 0 Å². The molecule has 0 saturated carbocycles. The molecule has 0 aliphatic carbocycles. The van der Waals surface area contributed by atoms with Gasteiger partial charge in [0.25, 0.3) is 0 Å². The van der Waals surface area contributed by atoms with Gasteiger partial charge in [-0.1, -0.05) is 70.9 Å². The highest BCUT2D eigenvalue weighted by Crippen LogP contribution is 2.30. The minimum atomic E-state index is -0.582. The van der Waals surface area contributed by atoms with Gasteiger partial charge in [0.2, 0.25) is 0 Å². The first-order chi connectivity index (χ1) is 14.7. The number of ether oxygens (including phenoxy) is 3. The van der Waals surface area contributed by atoms with Gasteiger partial charge in [-0.2, -0.15) is 0 Å². The summed E-state index contributed by atoms with van der Waals surface area (Å²) < 4.78 is 18.4. The fraction of sp³-hybridized carbons (Fsp3) is 0.429. The minimum absolute atomic E-state index is 0.0917. The molecule has 2 aromatic rings. The van der Waals surface area contributed by atoms with Gasteiger partial charge in [0.15, 0.2) is 0 Å². The molecule has 30 heavy (non-hydrogen) atoms. The van der Waals surface area contributed by atoms with E-state index in [2.05, 4.69) is 20.1 Å². The molecule has 0 amide bonds. The average molecular weight is 408 g/mol. The van der Waals surface area contributed by atoms with Crippen LogP contribution >= 0.6 is 0 Å². The van der Waals surface area contributed by atoms with Crippen LogP contribution in [0.5, 0.6) is 0 Å². The Balaban J connectivity index is 1.84. The van der Waals surface area contributed by atoms with Gasteiger partial charge in [-0.25, -0.2) is 0 Å². The van der Waals surface area contributed by atoms with E-state index in [-0.39, 0.29) is 6.54 Å². The monoisotopic (exact) mass is 408 g/mol. The summed E-state index contributed by atoms with van der Waals surface area (Å²) in [5, 5.41) is 7.60. The van der Waals surface area contributed by atoms with E-state index in [1.54, 1.807) is 0 Å². The normalized spacial score (nSPS) is 25.7. The van der Waals surface area contributed by atoms with Gasteiger partial charge in [-0.15, -0.1) is 0 Å². The third-order valence-electron chi connectivity index (χ3n) is 4.98. The maximum absolute atomic E-state index is 9.08. The second-order valence-corrected chi connectivity index (χ2v) is 7.01. The van der Waals surface area contributed by atoms with E-state index < -0.39 is 30.5 Å². The summed E-state index contributed by atoms with van der Waals surface area (Å²) in [7, 11) is 0. The molecular weight excluding hydrogens is 384 g/mol. The van der Waals surface area contributed by atoms with Crippen molar-refractivity contribution in [3.8, 4) is 0 Å². The fourth-order valence-electron chi connectivity index (χ4n) is 3.52. The quantitative estimate of drug-likeness (QED) is 0.331. The highest BCUT2D eigenvalue weighted by Gasteiger charge is 2.45. The van der Waals surface area contributed by atoms with Crippen molar-refractivity contribution in [1.82, 2.24) is 0 Å². The van der Waals surface area contributed by atoms with E-state index in [9.17, 15) is 0 Å². The van der Waals surface area contributed by atoms with Crippen molar-refractivity contribution in [3.05, 3.63) is 92.7 Å². The molecule has 156 valence electrons. The highest BCUT2D eigenvalue weighted by molar-refractivity contribution is 5.15. The van der Waals surface area contributed by atoms with Crippen molar-refractivity contribution in [2.24, 2.45) is 10.2 Å². The van der Waals surface area contributed by atoms with Crippen LogP contribution in [0, 0.1) is 0 Å². The van der Waals surface area contributed by atoms with Gasteiger partial charge in [-0.05, 0) is 29.1 Å².